The molecule has 6 nitrogen and oxygen atoms in total. The molecule has 1 aromatic carbocycles. The van der Waals surface area contributed by atoms with Crippen LogP contribution in [0.25, 0.3) is 0 Å². The van der Waals surface area contributed by atoms with E-state index in [1.165, 1.54) is 11.3 Å². The van der Waals surface area contributed by atoms with Crippen molar-refractivity contribution in [1.82, 2.24) is 4.98 Å². The van der Waals surface area contributed by atoms with Gasteiger partial charge in [0.1, 0.15) is 0 Å². The van der Waals surface area contributed by atoms with Crippen molar-refractivity contribution in [2.24, 2.45) is 0 Å². The molecule has 0 aliphatic heterocycles. The van der Waals surface area contributed by atoms with Crippen LogP contribution in [0.3, 0.4) is 0 Å². The molecule has 0 radical (unpaired) electrons. The summed E-state index contributed by atoms with van der Waals surface area (Å²) in [6.07, 6.45) is 0.523. The molecule has 2 N–H and O–H groups in total. The van der Waals surface area contributed by atoms with Gasteiger partial charge in [-0.3, -0.25) is 5.32 Å². The number of sulfone groups is 1. The van der Waals surface area contributed by atoms with Crippen molar-refractivity contribution in [2.45, 2.75) is 56.1 Å². The van der Waals surface area contributed by atoms with E-state index in [0.717, 1.165) is 23.4 Å². The van der Waals surface area contributed by atoms with Crippen LogP contribution in [0.2, 0.25) is 5.02 Å². The number of benzene rings is 1. The normalized spacial score (nSPS) is 14.3. The van der Waals surface area contributed by atoms with Crippen LogP contribution in [0.1, 0.15) is 44.2 Å². The molecule has 1 aromatic heterocycles. The Morgan fingerprint density at radius 1 is 1.26 bits per heavy atom. The smallest absolute Gasteiger partial charge is 0.410 e. The van der Waals surface area contributed by atoms with Gasteiger partial charge in [0, 0.05) is 9.90 Å². The minimum atomic E-state index is -3.04. The summed E-state index contributed by atoms with van der Waals surface area (Å²) in [4.78, 5) is 16.0. The molecular formula is C18H23ClN2O4S2. The van der Waals surface area contributed by atoms with Crippen LogP contribution in [-0.4, -0.2) is 29.9 Å². The second-order valence-corrected chi connectivity index (χ2v) is 11.0. The van der Waals surface area contributed by atoms with E-state index in [1.54, 1.807) is 24.3 Å². The van der Waals surface area contributed by atoms with Gasteiger partial charge >= 0.3 is 6.09 Å². The molecule has 0 bridgehead atoms. The third kappa shape index (κ3) is 5.92. The fourth-order valence-electron chi connectivity index (χ4n) is 2.43. The van der Waals surface area contributed by atoms with Crippen LogP contribution in [0.5, 0.6) is 0 Å². The SMILES string of the molecule is Cc1nc(NC(=O)O)sc1C(C)(C)C.O=S(=O)(c1ccc(Cl)cc1)C1CC1. The standard InChI is InChI=1S/C9H9ClO2S.C9H14N2O2S/c10-7-1-3-8(4-2-7)13(11,12)9-5-6-9;1-5-6(9(2,3)4)14-7(10-5)11-8(12)13/h1-4,9H,5-6H2;1-4H3,(H,10,11)(H,12,13). The average molecular weight is 431 g/mol. The number of carboxylic acid groups (broad SMARTS) is 1. The van der Waals surface area contributed by atoms with Gasteiger partial charge in [-0.1, -0.05) is 32.4 Å². The second kappa shape index (κ2) is 8.16. The Hall–Kier alpha value is -1.64. The summed E-state index contributed by atoms with van der Waals surface area (Å²) in [6.45, 7) is 8.14. The summed E-state index contributed by atoms with van der Waals surface area (Å²) in [7, 11) is -3.04. The maximum Gasteiger partial charge on any atom is 0.410 e. The zero-order chi connectivity index (χ0) is 20.4. The van der Waals surface area contributed by atoms with E-state index in [9.17, 15) is 13.2 Å². The molecule has 1 amide bonds. The average Bonchev–Trinajstić information content (AvgIpc) is 3.32. The summed E-state index contributed by atoms with van der Waals surface area (Å²) in [5, 5.41) is 11.7. The fourth-order valence-corrected chi connectivity index (χ4v) is 5.23. The quantitative estimate of drug-likeness (QED) is 0.704. The summed E-state index contributed by atoms with van der Waals surface area (Å²) >= 11 is 7.05. The van der Waals surface area contributed by atoms with Crippen molar-refractivity contribution in [3.05, 3.63) is 39.9 Å². The van der Waals surface area contributed by atoms with Crippen LogP contribution in [0.4, 0.5) is 9.93 Å². The molecule has 1 aliphatic carbocycles. The topological polar surface area (TPSA) is 96.4 Å². The number of hydrogen-bond acceptors (Lipinski definition) is 5. The highest BCUT2D eigenvalue weighted by Crippen LogP contribution is 2.34. The summed E-state index contributed by atoms with van der Waals surface area (Å²) in [5.74, 6) is 0. The number of aryl methyl sites for hydroxylation is 1. The summed E-state index contributed by atoms with van der Waals surface area (Å²) in [6, 6.07) is 6.35. The number of halogens is 1. The van der Waals surface area contributed by atoms with E-state index in [1.807, 2.05) is 6.92 Å². The maximum absolute atomic E-state index is 11.7. The van der Waals surface area contributed by atoms with Gasteiger partial charge in [-0.2, -0.15) is 0 Å². The lowest BCUT2D eigenvalue weighted by Gasteiger charge is -2.16. The number of anilines is 1. The Balaban J connectivity index is 0.000000194. The summed E-state index contributed by atoms with van der Waals surface area (Å²) in [5.41, 5.74) is 0.909. The van der Waals surface area contributed by atoms with Gasteiger partial charge in [0.05, 0.1) is 15.8 Å². The Kier molecular flexibility index (Phi) is 6.55. The van der Waals surface area contributed by atoms with E-state index in [4.69, 9.17) is 16.7 Å². The van der Waals surface area contributed by atoms with Gasteiger partial charge in [-0.25, -0.2) is 18.2 Å². The molecule has 3 rings (SSSR count). The van der Waals surface area contributed by atoms with E-state index in [-0.39, 0.29) is 10.7 Å². The highest BCUT2D eigenvalue weighted by molar-refractivity contribution is 7.92. The minimum absolute atomic E-state index is 0.0141. The van der Waals surface area contributed by atoms with Crippen LogP contribution >= 0.6 is 22.9 Å². The van der Waals surface area contributed by atoms with Gasteiger partial charge in [0.25, 0.3) is 0 Å². The number of hydrogen-bond donors (Lipinski definition) is 2. The highest BCUT2D eigenvalue weighted by atomic mass is 35.5. The number of amides is 1. The first kappa shape index (κ1) is 21.7. The zero-order valence-corrected chi connectivity index (χ0v) is 18.0. The number of aromatic nitrogens is 1. The van der Waals surface area contributed by atoms with E-state index in [0.29, 0.717) is 15.0 Å². The number of carbonyl (C=O) groups is 1. The first-order valence-corrected chi connectivity index (χ1v) is 11.1. The largest absolute Gasteiger partial charge is 0.465 e. The van der Waals surface area contributed by atoms with Crippen LogP contribution in [0, 0.1) is 6.92 Å². The number of nitrogens with zero attached hydrogens (tertiary/aromatic N) is 1. The van der Waals surface area contributed by atoms with Crippen LogP contribution < -0.4 is 5.32 Å². The molecular weight excluding hydrogens is 408 g/mol. The molecule has 1 heterocycles. The second-order valence-electron chi connectivity index (χ2n) is 7.31. The van der Waals surface area contributed by atoms with E-state index < -0.39 is 15.9 Å². The molecule has 1 aliphatic rings. The van der Waals surface area contributed by atoms with Gasteiger partial charge in [0.15, 0.2) is 15.0 Å². The highest BCUT2D eigenvalue weighted by Gasteiger charge is 2.36. The third-order valence-corrected chi connectivity index (χ3v) is 7.83. The van der Waals surface area contributed by atoms with Gasteiger partial charge < -0.3 is 5.11 Å². The molecule has 0 saturated heterocycles. The van der Waals surface area contributed by atoms with Crippen LogP contribution in [0.15, 0.2) is 29.2 Å². The Labute approximate surface area is 168 Å². The van der Waals surface area contributed by atoms with Crippen LogP contribution in [-0.2, 0) is 15.3 Å². The molecule has 2 aromatic rings. The fraction of sp³-hybridized carbons (Fsp3) is 0.444. The molecule has 0 atom stereocenters. The monoisotopic (exact) mass is 430 g/mol. The lowest BCUT2D eigenvalue weighted by atomic mass is 9.94. The van der Waals surface area contributed by atoms with Crippen molar-refractivity contribution >= 4 is 44.0 Å². The number of nitrogens with one attached hydrogen (secondary N) is 1. The molecule has 1 fully saturated rings. The van der Waals surface area contributed by atoms with Gasteiger partial charge in [-0.05, 0) is 49.4 Å². The Morgan fingerprint density at radius 3 is 2.22 bits per heavy atom. The van der Waals surface area contributed by atoms with Crippen molar-refractivity contribution in [3.8, 4) is 0 Å². The summed E-state index contributed by atoms with van der Waals surface area (Å²) < 4.78 is 23.3. The van der Waals surface area contributed by atoms with E-state index >= 15 is 0 Å². The zero-order valence-electron chi connectivity index (χ0n) is 15.6. The molecule has 0 unspecified atom stereocenters. The Morgan fingerprint density at radius 2 is 1.81 bits per heavy atom. The predicted molar refractivity (Wildman–Crippen MR) is 109 cm³/mol. The predicted octanol–water partition coefficient (Wildman–Crippen LogP) is 5.12. The number of thiazole rings is 1. The van der Waals surface area contributed by atoms with E-state index in [2.05, 4.69) is 31.1 Å². The first-order chi connectivity index (χ1) is 12.4. The van der Waals surface area contributed by atoms with Gasteiger partial charge in [0.2, 0.25) is 0 Å². The van der Waals surface area contributed by atoms with Crippen molar-refractivity contribution in [1.29, 1.82) is 0 Å². The van der Waals surface area contributed by atoms with Crippen molar-refractivity contribution in [2.75, 3.05) is 5.32 Å². The number of rotatable bonds is 3. The molecule has 9 heteroatoms. The van der Waals surface area contributed by atoms with Crippen molar-refractivity contribution in [3.63, 3.8) is 0 Å². The Bertz CT molecular complexity index is 912. The third-order valence-electron chi connectivity index (χ3n) is 3.80. The lowest BCUT2D eigenvalue weighted by Crippen LogP contribution is -2.10. The minimum Gasteiger partial charge on any atom is -0.465 e. The van der Waals surface area contributed by atoms with Gasteiger partial charge in [-0.15, -0.1) is 11.3 Å². The lowest BCUT2D eigenvalue weighted by molar-refractivity contribution is 0.209. The van der Waals surface area contributed by atoms with Crippen molar-refractivity contribution < 1.29 is 18.3 Å². The first-order valence-electron chi connectivity index (χ1n) is 8.38. The molecule has 0 spiro atoms. The molecule has 148 valence electrons. The molecule has 1 saturated carbocycles. The maximum atomic E-state index is 11.7. The molecule has 27 heavy (non-hydrogen) atoms.